The highest BCUT2D eigenvalue weighted by molar-refractivity contribution is 6.04. The summed E-state index contributed by atoms with van der Waals surface area (Å²) >= 11 is 0. The van der Waals surface area contributed by atoms with Crippen LogP contribution in [0.15, 0.2) is 66.7 Å². The number of benzene rings is 3. The van der Waals surface area contributed by atoms with Gasteiger partial charge in [0, 0.05) is 36.3 Å². The number of methoxy groups -OCH3 is 2. The second-order valence-electron chi connectivity index (χ2n) is 7.06. The molecule has 0 aliphatic heterocycles. The van der Waals surface area contributed by atoms with Crippen molar-refractivity contribution in [2.24, 2.45) is 0 Å². The van der Waals surface area contributed by atoms with Crippen LogP contribution in [0.3, 0.4) is 0 Å². The first-order valence-corrected chi connectivity index (χ1v) is 10.1. The Balaban J connectivity index is 1.59. The fourth-order valence-electron chi connectivity index (χ4n) is 3.00. The lowest BCUT2D eigenvalue weighted by Crippen LogP contribution is -2.22. The van der Waals surface area contributed by atoms with Crippen LogP contribution in [0.4, 0.5) is 5.69 Å². The van der Waals surface area contributed by atoms with Gasteiger partial charge in [-0.1, -0.05) is 18.2 Å². The Bertz CT molecular complexity index is 1140. The first-order valence-electron chi connectivity index (χ1n) is 10.1. The average molecular weight is 448 g/mol. The highest BCUT2D eigenvalue weighted by atomic mass is 16.5. The van der Waals surface area contributed by atoms with Crippen LogP contribution in [0.1, 0.15) is 33.2 Å². The van der Waals surface area contributed by atoms with Gasteiger partial charge < -0.3 is 24.8 Å². The molecule has 0 saturated heterocycles. The summed E-state index contributed by atoms with van der Waals surface area (Å²) in [6.07, 6.45) is 0. The molecule has 33 heavy (non-hydrogen) atoms. The number of rotatable bonds is 8. The molecule has 0 heterocycles. The van der Waals surface area contributed by atoms with E-state index in [0.717, 1.165) is 5.56 Å². The highest BCUT2D eigenvalue weighted by Crippen LogP contribution is 2.22. The fraction of sp³-hybridized carbons (Fsp3) is 0.160. The third kappa shape index (κ3) is 6.57. The second kappa shape index (κ2) is 10.8. The molecular weight excluding hydrogens is 424 g/mol. The fourth-order valence-corrected chi connectivity index (χ4v) is 3.00. The molecule has 8 heteroatoms. The molecule has 0 aliphatic carbocycles. The molecule has 0 unspecified atom stereocenters. The zero-order chi connectivity index (χ0) is 23.8. The van der Waals surface area contributed by atoms with Crippen molar-refractivity contribution in [3.63, 3.8) is 0 Å². The molecule has 0 saturated carbocycles. The minimum absolute atomic E-state index is 0.266. The molecule has 3 aromatic rings. The van der Waals surface area contributed by atoms with E-state index in [-0.39, 0.29) is 11.8 Å². The average Bonchev–Trinajstić information content (AvgIpc) is 2.82. The first-order chi connectivity index (χ1) is 15.9. The van der Waals surface area contributed by atoms with Gasteiger partial charge in [-0.3, -0.25) is 14.4 Å². The topological polar surface area (TPSA) is 103 Å². The molecule has 2 amide bonds. The lowest BCUT2D eigenvalue weighted by atomic mass is 10.1. The predicted molar refractivity (Wildman–Crippen MR) is 123 cm³/mol. The largest absolute Gasteiger partial charge is 0.497 e. The summed E-state index contributed by atoms with van der Waals surface area (Å²) in [6.45, 7) is 1.60. The molecule has 0 fully saturated rings. The number of carbonyl (C=O) groups is 3. The molecule has 0 radical (unpaired) electrons. The van der Waals surface area contributed by atoms with E-state index in [1.807, 2.05) is 0 Å². The predicted octanol–water partition coefficient (Wildman–Crippen LogP) is 3.81. The Morgan fingerprint density at radius 2 is 1.39 bits per heavy atom. The molecule has 3 rings (SSSR count). The summed E-state index contributed by atoms with van der Waals surface area (Å²) in [5, 5.41) is 5.63. The maximum absolute atomic E-state index is 12.5. The first kappa shape index (κ1) is 23.3. The third-order valence-corrected chi connectivity index (χ3v) is 4.64. The maximum Gasteiger partial charge on any atom is 0.308 e. The number of ether oxygens (including phenoxy) is 3. The van der Waals surface area contributed by atoms with Gasteiger partial charge in [0.15, 0.2) is 0 Å². The van der Waals surface area contributed by atoms with Crippen molar-refractivity contribution in [2.75, 3.05) is 19.5 Å². The standard InChI is InChI=1S/C25H24N2O6/c1-16(28)33-21-6-4-5-18(11-21)25(30)27-20-9-7-17(8-10-20)15-26-24(29)19-12-22(31-2)14-23(13-19)32-3/h4-14H,15H2,1-3H3,(H,26,29)(H,27,30). The van der Waals surface area contributed by atoms with Gasteiger partial charge in [0.2, 0.25) is 0 Å². The Morgan fingerprint density at radius 3 is 2.00 bits per heavy atom. The monoisotopic (exact) mass is 448 g/mol. The van der Waals surface area contributed by atoms with Gasteiger partial charge in [-0.15, -0.1) is 0 Å². The van der Waals surface area contributed by atoms with Gasteiger partial charge in [0.25, 0.3) is 11.8 Å². The molecular formula is C25H24N2O6. The number of amides is 2. The summed E-state index contributed by atoms with van der Waals surface area (Å²) in [5.74, 6) is 0.293. The molecule has 3 aromatic carbocycles. The summed E-state index contributed by atoms with van der Waals surface area (Å²) in [7, 11) is 3.04. The van der Waals surface area contributed by atoms with Gasteiger partial charge in [-0.2, -0.15) is 0 Å². The van der Waals surface area contributed by atoms with Gasteiger partial charge >= 0.3 is 5.97 Å². The van der Waals surface area contributed by atoms with E-state index in [1.54, 1.807) is 60.7 Å². The van der Waals surface area contributed by atoms with Crippen molar-refractivity contribution >= 4 is 23.5 Å². The SMILES string of the molecule is COc1cc(OC)cc(C(=O)NCc2ccc(NC(=O)c3cccc(OC(C)=O)c3)cc2)c1. The van der Waals surface area contributed by atoms with Crippen LogP contribution in [0, 0.1) is 0 Å². The Hall–Kier alpha value is -4.33. The minimum atomic E-state index is -0.458. The van der Waals surface area contributed by atoms with E-state index in [9.17, 15) is 14.4 Å². The zero-order valence-electron chi connectivity index (χ0n) is 18.5. The van der Waals surface area contributed by atoms with E-state index in [2.05, 4.69) is 10.6 Å². The van der Waals surface area contributed by atoms with E-state index >= 15 is 0 Å². The van der Waals surface area contributed by atoms with Crippen molar-refractivity contribution in [1.82, 2.24) is 5.32 Å². The second-order valence-corrected chi connectivity index (χ2v) is 7.06. The van der Waals surface area contributed by atoms with Crippen LogP contribution in [-0.4, -0.2) is 32.0 Å². The van der Waals surface area contributed by atoms with Crippen LogP contribution in [0.25, 0.3) is 0 Å². The molecule has 0 atom stereocenters. The van der Waals surface area contributed by atoms with Crippen molar-refractivity contribution in [1.29, 1.82) is 0 Å². The summed E-state index contributed by atoms with van der Waals surface area (Å²) in [4.78, 5) is 36.1. The third-order valence-electron chi connectivity index (χ3n) is 4.64. The summed E-state index contributed by atoms with van der Waals surface area (Å²) in [5.41, 5.74) is 2.23. The lowest BCUT2D eigenvalue weighted by Gasteiger charge is -2.10. The molecule has 8 nitrogen and oxygen atoms in total. The van der Waals surface area contributed by atoms with Crippen molar-refractivity contribution in [3.8, 4) is 17.2 Å². The molecule has 0 aliphatic rings. The number of nitrogens with one attached hydrogen (secondary N) is 2. The molecule has 0 spiro atoms. The Kier molecular flexibility index (Phi) is 7.64. The van der Waals surface area contributed by atoms with Crippen LogP contribution in [0.5, 0.6) is 17.2 Å². The molecule has 170 valence electrons. The van der Waals surface area contributed by atoms with E-state index in [1.165, 1.54) is 27.2 Å². The number of esters is 1. The number of carbonyl (C=O) groups excluding carboxylic acids is 3. The normalized spacial score (nSPS) is 10.2. The van der Waals surface area contributed by atoms with Crippen LogP contribution in [0.2, 0.25) is 0 Å². The van der Waals surface area contributed by atoms with Gasteiger partial charge in [0.1, 0.15) is 17.2 Å². The highest BCUT2D eigenvalue weighted by Gasteiger charge is 2.11. The Labute approximate surface area is 191 Å². The van der Waals surface area contributed by atoms with Crippen molar-refractivity contribution in [2.45, 2.75) is 13.5 Å². The Morgan fingerprint density at radius 1 is 0.758 bits per heavy atom. The van der Waals surface area contributed by atoms with Crippen molar-refractivity contribution in [3.05, 3.63) is 83.4 Å². The zero-order valence-corrected chi connectivity index (χ0v) is 18.5. The lowest BCUT2D eigenvalue weighted by molar-refractivity contribution is -0.131. The quantitative estimate of drug-likeness (QED) is 0.401. The van der Waals surface area contributed by atoms with E-state index in [0.29, 0.717) is 40.6 Å². The maximum atomic E-state index is 12.5. The summed E-state index contributed by atoms with van der Waals surface area (Å²) in [6, 6.07) is 18.4. The molecule has 0 bridgehead atoms. The summed E-state index contributed by atoms with van der Waals surface area (Å²) < 4.78 is 15.4. The number of hydrogen-bond acceptors (Lipinski definition) is 6. The molecule has 0 aromatic heterocycles. The van der Waals surface area contributed by atoms with Crippen LogP contribution in [-0.2, 0) is 11.3 Å². The number of hydrogen-bond donors (Lipinski definition) is 2. The van der Waals surface area contributed by atoms with Gasteiger partial charge in [-0.05, 0) is 48.0 Å². The van der Waals surface area contributed by atoms with Crippen LogP contribution < -0.4 is 24.8 Å². The smallest absolute Gasteiger partial charge is 0.308 e. The van der Waals surface area contributed by atoms with Gasteiger partial charge in [-0.25, -0.2) is 0 Å². The van der Waals surface area contributed by atoms with Gasteiger partial charge in [0.05, 0.1) is 14.2 Å². The minimum Gasteiger partial charge on any atom is -0.497 e. The number of anilines is 1. The van der Waals surface area contributed by atoms with Crippen LogP contribution >= 0.6 is 0 Å². The molecule has 2 N–H and O–H groups in total. The van der Waals surface area contributed by atoms with E-state index < -0.39 is 5.97 Å². The van der Waals surface area contributed by atoms with Crippen molar-refractivity contribution < 1.29 is 28.6 Å². The van der Waals surface area contributed by atoms with E-state index in [4.69, 9.17) is 14.2 Å².